The Morgan fingerprint density at radius 3 is 2.33 bits per heavy atom. The molecule has 1 aromatic carbocycles. The van der Waals surface area contributed by atoms with E-state index < -0.39 is 15.9 Å². The van der Waals surface area contributed by atoms with E-state index in [-0.39, 0.29) is 29.5 Å². The number of hydrogen-bond acceptors (Lipinski definition) is 4. The monoisotopic (exact) mass is 393 g/mol. The van der Waals surface area contributed by atoms with Crippen LogP contribution in [0.25, 0.3) is 0 Å². The molecule has 0 bridgehead atoms. The quantitative estimate of drug-likeness (QED) is 0.684. The fourth-order valence-corrected chi connectivity index (χ4v) is 5.37. The van der Waals surface area contributed by atoms with E-state index in [0.29, 0.717) is 17.7 Å². The molecule has 1 aliphatic heterocycles. The molecule has 8 heteroatoms. The third-order valence-corrected chi connectivity index (χ3v) is 6.91. The summed E-state index contributed by atoms with van der Waals surface area (Å²) in [7, 11) is -3.04. The molecule has 0 spiro atoms. The Morgan fingerprint density at radius 1 is 0.926 bits per heavy atom. The summed E-state index contributed by atoms with van der Waals surface area (Å²) in [6.45, 7) is 0. The molecular formula is C19H27N3O4S. The van der Waals surface area contributed by atoms with E-state index in [1.807, 2.05) is 0 Å². The minimum Gasteiger partial charge on any atom is -0.349 e. The van der Waals surface area contributed by atoms with Crippen LogP contribution in [0.3, 0.4) is 0 Å². The summed E-state index contributed by atoms with van der Waals surface area (Å²) in [5, 5.41) is 8.44. The molecule has 1 heterocycles. The topological polar surface area (TPSA) is 104 Å². The summed E-state index contributed by atoms with van der Waals surface area (Å²) < 4.78 is 22.9. The van der Waals surface area contributed by atoms with E-state index in [1.165, 1.54) is 12.8 Å². The van der Waals surface area contributed by atoms with Crippen molar-refractivity contribution in [3.8, 4) is 0 Å². The number of amides is 3. The highest BCUT2D eigenvalue weighted by Gasteiger charge is 2.28. The second kappa shape index (κ2) is 8.73. The van der Waals surface area contributed by atoms with Crippen LogP contribution in [0.5, 0.6) is 0 Å². The number of benzene rings is 1. The lowest BCUT2D eigenvalue weighted by molar-refractivity contribution is 0.0933. The Labute approximate surface area is 160 Å². The van der Waals surface area contributed by atoms with Gasteiger partial charge in [-0.1, -0.05) is 31.7 Å². The summed E-state index contributed by atoms with van der Waals surface area (Å²) in [4.78, 5) is 24.6. The highest BCUT2D eigenvalue weighted by atomic mass is 32.2. The Morgan fingerprint density at radius 2 is 1.67 bits per heavy atom. The maximum absolute atomic E-state index is 12.5. The lowest BCUT2D eigenvalue weighted by Gasteiger charge is -2.17. The standard InChI is InChI=1S/C19H27N3O4S/c23-18(20-15-7-3-1-2-4-8-15)14-6-5-9-16(12-14)21-19(24)22-17-10-11-27(25,26)13-17/h5-6,9,12,15,17H,1-4,7-8,10-11,13H2,(H,20,23)(H2,21,22,24). The van der Waals surface area contributed by atoms with Crippen LogP contribution in [-0.2, 0) is 9.84 Å². The maximum atomic E-state index is 12.5. The third-order valence-electron chi connectivity index (χ3n) is 5.14. The average molecular weight is 394 g/mol. The molecular weight excluding hydrogens is 366 g/mol. The van der Waals surface area contributed by atoms with Gasteiger partial charge < -0.3 is 16.0 Å². The van der Waals surface area contributed by atoms with Gasteiger partial charge in [0.15, 0.2) is 9.84 Å². The van der Waals surface area contributed by atoms with Crippen LogP contribution in [0, 0.1) is 0 Å². The molecule has 148 valence electrons. The SMILES string of the molecule is O=C(Nc1cccc(C(=O)NC2CCCCCC2)c1)NC1CCS(=O)(=O)C1. The normalized spacial score (nSPS) is 22.6. The smallest absolute Gasteiger partial charge is 0.319 e. The molecule has 2 aliphatic rings. The number of hydrogen-bond donors (Lipinski definition) is 3. The van der Waals surface area contributed by atoms with Crippen molar-refractivity contribution in [1.29, 1.82) is 0 Å². The van der Waals surface area contributed by atoms with Gasteiger partial charge in [-0.15, -0.1) is 0 Å². The zero-order valence-electron chi connectivity index (χ0n) is 15.4. The predicted molar refractivity (Wildman–Crippen MR) is 105 cm³/mol. The van der Waals surface area contributed by atoms with Crippen LogP contribution < -0.4 is 16.0 Å². The molecule has 3 amide bonds. The van der Waals surface area contributed by atoms with Crippen molar-refractivity contribution < 1.29 is 18.0 Å². The molecule has 1 saturated carbocycles. The summed E-state index contributed by atoms with van der Waals surface area (Å²) in [6.07, 6.45) is 7.19. The molecule has 1 atom stereocenters. The minimum atomic E-state index is -3.04. The number of nitrogens with one attached hydrogen (secondary N) is 3. The number of carbonyl (C=O) groups excluding carboxylic acids is 2. The lowest BCUT2D eigenvalue weighted by atomic mass is 10.1. The van der Waals surface area contributed by atoms with Crippen molar-refractivity contribution in [2.24, 2.45) is 0 Å². The van der Waals surface area contributed by atoms with E-state index >= 15 is 0 Å². The second-order valence-electron chi connectivity index (χ2n) is 7.44. The highest BCUT2D eigenvalue weighted by Crippen LogP contribution is 2.18. The molecule has 27 heavy (non-hydrogen) atoms. The van der Waals surface area contributed by atoms with Crippen LogP contribution >= 0.6 is 0 Å². The molecule has 1 unspecified atom stereocenters. The molecule has 7 nitrogen and oxygen atoms in total. The van der Waals surface area contributed by atoms with Gasteiger partial charge in [-0.3, -0.25) is 4.79 Å². The van der Waals surface area contributed by atoms with Crippen LogP contribution in [0.15, 0.2) is 24.3 Å². The van der Waals surface area contributed by atoms with Gasteiger partial charge in [-0.2, -0.15) is 0 Å². The molecule has 1 aliphatic carbocycles. The van der Waals surface area contributed by atoms with Crippen molar-refractivity contribution in [2.75, 3.05) is 16.8 Å². The summed E-state index contributed by atoms with van der Waals surface area (Å²) in [6, 6.07) is 6.17. The van der Waals surface area contributed by atoms with Gasteiger partial charge in [0.2, 0.25) is 0 Å². The van der Waals surface area contributed by atoms with Crippen LogP contribution in [0.4, 0.5) is 10.5 Å². The Kier molecular flexibility index (Phi) is 6.36. The van der Waals surface area contributed by atoms with Crippen molar-refractivity contribution >= 4 is 27.5 Å². The molecule has 1 aromatic rings. The predicted octanol–water partition coefficient (Wildman–Crippen LogP) is 2.45. The van der Waals surface area contributed by atoms with Gasteiger partial charge in [-0.25, -0.2) is 13.2 Å². The van der Waals surface area contributed by atoms with Gasteiger partial charge in [-0.05, 0) is 37.5 Å². The number of urea groups is 1. The van der Waals surface area contributed by atoms with Crippen LogP contribution in [0.1, 0.15) is 55.3 Å². The van der Waals surface area contributed by atoms with Crippen LogP contribution in [-0.4, -0.2) is 43.9 Å². The van der Waals surface area contributed by atoms with Crippen molar-refractivity contribution in [3.05, 3.63) is 29.8 Å². The van der Waals surface area contributed by atoms with Gasteiger partial charge in [0, 0.05) is 23.3 Å². The van der Waals surface area contributed by atoms with Crippen molar-refractivity contribution in [1.82, 2.24) is 10.6 Å². The summed E-state index contributed by atoms with van der Waals surface area (Å²) >= 11 is 0. The Bertz CT molecular complexity index is 786. The van der Waals surface area contributed by atoms with Gasteiger partial charge >= 0.3 is 6.03 Å². The number of carbonyl (C=O) groups is 2. The molecule has 3 rings (SSSR count). The first kappa shape index (κ1) is 19.7. The molecule has 0 aromatic heterocycles. The van der Waals surface area contributed by atoms with E-state index in [1.54, 1.807) is 24.3 Å². The van der Waals surface area contributed by atoms with E-state index in [4.69, 9.17) is 0 Å². The lowest BCUT2D eigenvalue weighted by Crippen LogP contribution is -2.38. The fraction of sp³-hybridized carbons (Fsp3) is 0.579. The highest BCUT2D eigenvalue weighted by molar-refractivity contribution is 7.91. The van der Waals surface area contributed by atoms with Gasteiger partial charge in [0.25, 0.3) is 5.91 Å². The molecule has 2 fully saturated rings. The van der Waals surface area contributed by atoms with E-state index in [9.17, 15) is 18.0 Å². The zero-order chi connectivity index (χ0) is 19.3. The summed E-state index contributed by atoms with van der Waals surface area (Å²) in [5.41, 5.74) is 1.00. The van der Waals surface area contributed by atoms with E-state index in [2.05, 4.69) is 16.0 Å². The maximum Gasteiger partial charge on any atom is 0.319 e. The minimum absolute atomic E-state index is 0.0236. The summed E-state index contributed by atoms with van der Waals surface area (Å²) in [5.74, 6) is -0.0493. The van der Waals surface area contributed by atoms with E-state index in [0.717, 1.165) is 25.7 Å². The first-order chi connectivity index (χ1) is 12.9. The van der Waals surface area contributed by atoms with Gasteiger partial charge in [0.1, 0.15) is 0 Å². The number of rotatable bonds is 4. The van der Waals surface area contributed by atoms with Crippen LogP contribution in [0.2, 0.25) is 0 Å². The third kappa shape index (κ3) is 5.95. The zero-order valence-corrected chi connectivity index (χ0v) is 16.2. The molecule has 1 saturated heterocycles. The molecule has 3 N–H and O–H groups in total. The number of anilines is 1. The van der Waals surface area contributed by atoms with Crippen molar-refractivity contribution in [2.45, 2.75) is 57.0 Å². The van der Waals surface area contributed by atoms with Crippen molar-refractivity contribution in [3.63, 3.8) is 0 Å². The Hall–Kier alpha value is -2.09. The largest absolute Gasteiger partial charge is 0.349 e. The van der Waals surface area contributed by atoms with Gasteiger partial charge in [0.05, 0.1) is 11.5 Å². The Balaban J connectivity index is 1.54. The molecule has 0 radical (unpaired) electrons. The fourth-order valence-electron chi connectivity index (χ4n) is 3.69. The average Bonchev–Trinajstić information content (AvgIpc) is 2.81. The second-order valence-corrected chi connectivity index (χ2v) is 9.67. The first-order valence-corrected chi connectivity index (χ1v) is 11.4. The first-order valence-electron chi connectivity index (χ1n) is 9.60. The number of sulfone groups is 1.